The van der Waals surface area contributed by atoms with Gasteiger partial charge in [0, 0.05) is 18.3 Å². The topological polar surface area (TPSA) is 34.1 Å². The predicted molar refractivity (Wildman–Crippen MR) is 80.6 cm³/mol. The second-order valence-electron chi connectivity index (χ2n) is 5.05. The van der Waals surface area contributed by atoms with Gasteiger partial charge in [-0.3, -0.25) is 0 Å². The van der Waals surface area contributed by atoms with Crippen LogP contribution in [0.1, 0.15) is 58.2 Å². The highest BCUT2D eigenvalue weighted by atomic mass is 16.5. The molecule has 0 amide bonds. The maximum atomic E-state index is 5.92. The van der Waals surface area contributed by atoms with Gasteiger partial charge in [0.2, 0.25) is 5.88 Å². The molecule has 0 fully saturated rings. The van der Waals surface area contributed by atoms with Gasteiger partial charge in [0.1, 0.15) is 0 Å². The Morgan fingerprint density at radius 2 is 2.00 bits per heavy atom. The number of nitrogens with one attached hydrogen (secondary N) is 1. The minimum Gasteiger partial charge on any atom is -0.475 e. The molecule has 3 heteroatoms. The van der Waals surface area contributed by atoms with Gasteiger partial charge in [0.15, 0.2) is 0 Å². The Balaban J connectivity index is 2.79. The van der Waals surface area contributed by atoms with Crippen LogP contribution in [0.5, 0.6) is 5.88 Å². The third-order valence-corrected chi connectivity index (χ3v) is 3.02. The third kappa shape index (κ3) is 6.06. The Morgan fingerprint density at radius 3 is 2.63 bits per heavy atom. The summed E-state index contributed by atoms with van der Waals surface area (Å²) in [4.78, 5) is 4.60. The Bertz CT molecular complexity index is 366. The summed E-state index contributed by atoms with van der Waals surface area (Å²) >= 11 is 0. The average Bonchev–Trinajstić information content (AvgIpc) is 2.36. The Hall–Kier alpha value is -1.09. The molecule has 1 rings (SSSR count). The van der Waals surface area contributed by atoms with Crippen molar-refractivity contribution in [3.8, 4) is 5.88 Å². The summed E-state index contributed by atoms with van der Waals surface area (Å²) in [5, 5.41) is 3.36. The molecule has 0 aliphatic rings. The molecule has 1 unspecified atom stereocenters. The molecule has 0 bridgehead atoms. The molecule has 0 aliphatic heterocycles. The second kappa shape index (κ2) is 8.92. The first-order chi connectivity index (χ1) is 9.19. The van der Waals surface area contributed by atoms with Gasteiger partial charge in [-0.15, -0.1) is 0 Å². The van der Waals surface area contributed by atoms with E-state index in [4.69, 9.17) is 4.74 Å². The molecule has 1 aromatic rings. The highest BCUT2D eigenvalue weighted by Crippen LogP contribution is 2.16. The maximum Gasteiger partial charge on any atom is 0.214 e. The molecule has 0 radical (unpaired) electrons. The summed E-state index contributed by atoms with van der Waals surface area (Å²) in [5.41, 5.74) is 2.40. The normalized spacial score (nSPS) is 12.4. The fourth-order valence-electron chi connectivity index (χ4n) is 2.11. The van der Waals surface area contributed by atoms with Crippen molar-refractivity contribution in [2.24, 2.45) is 0 Å². The van der Waals surface area contributed by atoms with E-state index in [0.29, 0.717) is 0 Å². The highest BCUT2D eigenvalue weighted by molar-refractivity contribution is 5.25. The molecule has 0 saturated carbocycles. The first kappa shape index (κ1) is 16.0. The van der Waals surface area contributed by atoms with Gasteiger partial charge >= 0.3 is 0 Å². The zero-order chi connectivity index (χ0) is 14.1. The maximum absolute atomic E-state index is 5.92. The van der Waals surface area contributed by atoms with E-state index in [0.717, 1.165) is 50.3 Å². The molecule has 108 valence electrons. The number of ether oxygens (including phenoxy) is 1. The Kier molecular flexibility index (Phi) is 7.49. The molecule has 1 atom stereocenters. The first-order valence-electron chi connectivity index (χ1n) is 7.56. The molecular formula is C16H28N2O. The lowest BCUT2D eigenvalue weighted by molar-refractivity contribution is 0.201. The van der Waals surface area contributed by atoms with Gasteiger partial charge < -0.3 is 10.1 Å². The van der Waals surface area contributed by atoms with Crippen LogP contribution in [-0.4, -0.2) is 17.6 Å². The number of hydrogen-bond donors (Lipinski definition) is 1. The molecule has 3 nitrogen and oxygen atoms in total. The van der Waals surface area contributed by atoms with Crippen molar-refractivity contribution in [3.05, 3.63) is 23.4 Å². The molecule has 0 aromatic carbocycles. The first-order valence-corrected chi connectivity index (χ1v) is 7.56. The molecule has 1 aromatic heterocycles. The zero-order valence-electron chi connectivity index (χ0n) is 12.8. The van der Waals surface area contributed by atoms with Crippen molar-refractivity contribution >= 4 is 0 Å². The molecule has 0 saturated heterocycles. The van der Waals surface area contributed by atoms with Gasteiger partial charge in [-0.2, -0.15) is 0 Å². The highest BCUT2D eigenvalue weighted by Gasteiger charge is 2.07. The standard InChI is InChI=1S/C16H28N2O/c1-5-8-13(4)19-16-11-14(12-17-7-3)10-15(18-16)9-6-2/h10-11,13,17H,5-9,12H2,1-4H3. The number of nitrogens with zero attached hydrogens (tertiary/aromatic N) is 1. The minimum atomic E-state index is 0.237. The summed E-state index contributed by atoms with van der Waals surface area (Å²) in [6, 6.07) is 4.25. The fourth-order valence-corrected chi connectivity index (χ4v) is 2.11. The molecular weight excluding hydrogens is 236 g/mol. The number of hydrogen-bond acceptors (Lipinski definition) is 3. The Labute approximate surface area is 117 Å². The number of pyridine rings is 1. The number of aromatic nitrogens is 1. The van der Waals surface area contributed by atoms with Gasteiger partial charge in [-0.25, -0.2) is 4.98 Å². The van der Waals surface area contributed by atoms with Crippen LogP contribution >= 0.6 is 0 Å². The molecule has 19 heavy (non-hydrogen) atoms. The monoisotopic (exact) mass is 264 g/mol. The van der Waals surface area contributed by atoms with Crippen LogP contribution in [0.25, 0.3) is 0 Å². The van der Waals surface area contributed by atoms with E-state index in [1.54, 1.807) is 0 Å². The SMILES string of the molecule is CCCc1cc(CNCC)cc(OC(C)CCC)n1. The van der Waals surface area contributed by atoms with Crippen molar-refractivity contribution in [2.45, 2.75) is 66.0 Å². The van der Waals surface area contributed by atoms with E-state index in [-0.39, 0.29) is 6.10 Å². The van der Waals surface area contributed by atoms with Crippen molar-refractivity contribution in [3.63, 3.8) is 0 Å². The molecule has 0 aliphatic carbocycles. The largest absolute Gasteiger partial charge is 0.475 e. The van der Waals surface area contributed by atoms with Crippen LogP contribution in [0.2, 0.25) is 0 Å². The van der Waals surface area contributed by atoms with E-state index in [1.165, 1.54) is 5.56 Å². The van der Waals surface area contributed by atoms with Gasteiger partial charge in [0.25, 0.3) is 0 Å². The van der Waals surface area contributed by atoms with Crippen LogP contribution in [-0.2, 0) is 13.0 Å². The van der Waals surface area contributed by atoms with E-state index >= 15 is 0 Å². The lowest BCUT2D eigenvalue weighted by Gasteiger charge is -2.15. The van der Waals surface area contributed by atoms with Crippen LogP contribution in [0, 0.1) is 0 Å². The van der Waals surface area contributed by atoms with Crippen LogP contribution in [0.4, 0.5) is 0 Å². The smallest absolute Gasteiger partial charge is 0.214 e. The molecule has 1 N–H and O–H groups in total. The summed E-state index contributed by atoms with van der Waals surface area (Å²) < 4.78 is 5.92. The number of rotatable bonds is 9. The summed E-state index contributed by atoms with van der Waals surface area (Å²) in [5.74, 6) is 0.778. The second-order valence-corrected chi connectivity index (χ2v) is 5.05. The van der Waals surface area contributed by atoms with E-state index < -0.39 is 0 Å². The van der Waals surface area contributed by atoms with Crippen LogP contribution < -0.4 is 10.1 Å². The Morgan fingerprint density at radius 1 is 1.21 bits per heavy atom. The van der Waals surface area contributed by atoms with Crippen molar-refractivity contribution in [1.29, 1.82) is 0 Å². The summed E-state index contributed by atoms with van der Waals surface area (Å²) in [6.45, 7) is 10.5. The van der Waals surface area contributed by atoms with Crippen molar-refractivity contribution in [2.75, 3.05) is 6.54 Å². The van der Waals surface area contributed by atoms with Gasteiger partial charge in [-0.1, -0.05) is 33.6 Å². The quantitative estimate of drug-likeness (QED) is 0.738. The van der Waals surface area contributed by atoms with E-state index in [1.807, 2.05) is 0 Å². The predicted octanol–water partition coefficient (Wildman–Crippen LogP) is 3.71. The average molecular weight is 264 g/mol. The lowest BCUT2D eigenvalue weighted by Crippen LogP contribution is -2.15. The minimum absolute atomic E-state index is 0.237. The molecule has 1 heterocycles. The van der Waals surface area contributed by atoms with Crippen LogP contribution in [0.15, 0.2) is 12.1 Å². The molecule has 0 spiro atoms. The lowest BCUT2D eigenvalue weighted by atomic mass is 10.1. The van der Waals surface area contributed by atoms with Gasteiger partial charge in [0.05, 0.1) is 6.10 Å². The number of aryl methyl sites for hydroxylation is 1. The van der Waals surface area contributed by atoms with Gasteiger partial charge in [-0.05, 0) is 37.9 Å². The van der Waals surface area contributed by atoms with E-state index in [9.17, 15) is 0 Å². The van der Waals surface area contributed by atoms with E-state index in [2.05, 4.69) is 50.1 Å². The summed E-state index contributed by atoms with van der Waals surface area (Å²) in [6.07, 6.45) is 4.57. The third-order valence-electron chi connectivity index (χ3n) is 3.02. The van der Waals surface area contributed by atoms with Crippen molar-refractivity contribution in [1.82, 2.24) is 10.3 Å². The van der Waals surface area contributed by atoms with Crippen LogP contribution in [0.3, 0.4) is 0 Å². The fraction of sp³-hybridized carbons (Fsp3) is 0.688. The van der Waals surface area contributed by atoms with Crippen molar-refractivity contribution < 1.29 is 4.74 Å². The zero-order valence-corrected chi connectivity index (χ0v) is 12.8. The summed E-state index contributed by atoms with van der Waals surface area (Å²) in [7, 11) is 0.